The number of allylic oxidation sites excluding steroid dienone is 8. The zero-order chi connectivity index (χ0) is 9.78. The van der Waals surface area contributed by atoms with Crippen molar-refractivity contribution in [2.75, 3.05) is 0 Å². The van der Waals surface area contributed by atoms with E-state index >= 15 is 0 Å². The third-order valence-electron chi connectivity index (χ3n) is 1.17. The molecule has 2 rings (SSSR count). The van der Waals surface area contributed by atoms with Gasteiger partial charge >= 0.3 is 31.9 Å². The van der Waals surface area contributed by atoms with Gasteiger partial charge in [-0.1, -0.05) is 0 Å². The van der Waals surface area contributed by atoms with Crippen LogP contribution in [0.3, 0.4) is 0 Å². The zero-order valence-electron chi connectivity index (χ0n) is 11.4. The normalized spacial score (nSPS) is 10.8. The van der Waals surface area contributed by atoms with Crippen LogP contribution >= 0.6 is 0 Å². The van der Waals surface area contributed by atoms with E-state index < -0.39 is 0 Å². The van der Waals surface area contributed by atoms with Crippen LogP contribution in [0.25, 0.3) is 0 Å². The first-order valence-corrected chi connectivity index (χ1v) is 9.62. The molecule has 0 nitrogen and oxygen atoms in total. The second-order valence-corrected chi connectivity index (χ2v) is 6.64. The summed E-state index contributed by atoms with van der Waals surface area (Å²) in [7, 11) is 6.44. The summed E-state index contributed by atoms with van der Waals surface area (Å²) in [6.45, 7) is 0. The van der Waals surface area contributed by atoms with E-state index in [1.165, 1.54) is 0 Å². The summed E-state index contributed by atoms with van der Waals surface area (Å²) >= 11 is 0.111. The molecule has 0 aromatic heterocycles. The molecule has 0 atom stereocenters. The van der Waals surface area contributed by atoms with Gasteiger partial charge in [-0.2, -0.15) is 12.2 Å². The molecule has 0 spiro atoms. The van der Waals surface area contributed by atoms with E-state index in [9.17, 15) is 0 Å². The van der Waals surface area contributed by atoms with Gasteiger partial charge < -0.3 is 29.7 Å². The Bertz CT molecular complexity index is 215. The molecule has 0 aromatic carbocycles. The van der Waals surface area contributed by atoms with Crippen molar-refractivity contribution in [3.63, 3.8) is 0 Å². The summed E-state index contributed by atoms with van der Waals surface area (Å²) in [5.41, 5.74) is 0. The standard InChI is InChI=1S/2C5H5.4CH3.2Si.Ti/c2*1-2-4-5-3-1;;;;;;;/h2*1-3H,4H2;4*1H3;;;/q6*-1;;;. The number of rotatable bonds is 0. The van der Waals surface area contributed by atoms with Gasteiger partial charge in [-0.3, -0.25) is 12.2 Å². The van der Waals surface area contributed by atoms with Gasteiger partial charge in [0.15, 0.2) is 0 Å². The van der Waals surface area contributed by atoms with Gasteiger partial charge in [0.25, 0.3) is 0 Å². The van der Waals surface area contributed by atoms with Gasteiger partial charge in [-0.15, -0.1) is 12.8 Å². The van der Waals surface area contributed by atoms with Crippen molar-refractivity contribution in [3.8, 4) is 0 Å². The molecule has 0 heterocycles. The van der Waals surface area contributed by atoms with Crippen LogP contribution in [-0.4, -0.2) is 15.3 Å². The summed E-state index contributed by atoms with van der Waals surface area (Å²) in [5.74, 6) is 0. The molecule has 0 N–H and O–H groups in total. The predicted molar refractivity (Wildman–Crippen MR) is 80.3 cm³/mol. The summed E-state index contributed by atoms with van der Waals surface area (Å²) in [6.07, 6.45) is 20.0. The van der Waals surface area contributed by atoms with E-state index in [1.54, 1.807) is 0 Å². The van der Waals surface area contributed by atoms with Crippen LogP contribution in [0.1, 0.15) is 12.8 Å². The average Bonchev–Trinajstić information content (AvgIpc) is 2.85. The molecular weight excluding hydrogens is 272 g/mol. The second-order valence-electron chi connectivity index (χ2n) is 2.13. The molecule has 0 unspecified atom stereocenters. The Labute approximate surface area is 123 Å². The predicted octanol–water partition coefficient (Wildman–Crippen LogP) is 3.65. The average molecular weight is 294 g/mol. The maximum absolute atomic E-state index is 3.22. The maximum atomic E-state index is 3.22. The van der Waals surface area contributed by atoms with Crippen molar-refractivity contribution in [1.29, 1.82) is 0 Å². The van der Waals surface area contributed by atoms with Crippen LogP contribution in [0.4, 0.5) is 0 Å². The van der Waals surface area contributed by atoms with Crippen LogP contribution < -0.4 is 0 Å². The van der Waals surface area contributed by atoms with Crippen molar-refractivity contribution >= 4 is 15.3 Å². The molecule has 0 amide bonds. The van der Waals surface area contributed by atoms with Gasteiger partial charge in [-0.25, -0.2) is 24.3 Å². The first-order chi connectivity index (χ1) is 6.41. The summed E-state index contributed by atoms with van der Waals surface area (Å²) in [5, 5.41) is 0. The van der Waals surface area contributed by atoms with E-state index in [0.717, 1.165) is 12.8 Å². The molecule has 0 bridgehead atoms. The Kier molecular flexibility index (Phi) is 53.1. The van der Waals surface area contributed by atoms with E-state index in [0.29, 0.717) is 0 Å². The molecule has 4 radical (unpaired) electrons. The van der Waals surface area contributed by atoms with Crippen LogP contribution in [0.5, 0.6) is 0 Å². The zero-order valence-corrected chi connectivity index (χ0v) is 14.9. The quantitative estimate of drug-likeness (QED) is 0.472. The Morgan fingerprint density at radius 1 is 0.765 bits per heavy atom. The number of hydrogen-bond acceptors (Lipinski definition) is 0. The molecule has 2 aliphatic carbocycles. The van der Waals surface area contributed by atoms with Gasteiger partial charge in [0.05, 0.1) is 0 Å². The topological polar surface area (TPSA) is 0 Å². The molecule has 96 valence electrons. The molecule has 17 heavy (non-hydrogen) atoms. The first kappa shape index (κ1) is 30.3. The summed E-state index contributed by atoms with van der Waals surface area (Å²) in [4.78, 5) is 0. The molecule has 2 aliphatic rings. The van der Waals surface area contributed by atoms with Gasteiger partial charge in [-0.05, 0) is 0 Å². The summed E-state index contributed by atoms with van der Waals surface area (Å²) in [6, 6.07) is 0. The van der Waals surface area contributed by atoms with Crippen molar-refractivity contribution in [2.24, 2.45) is 0 Å². The third-order valence-corrected chi connectivity index (χ3v) is 1.17. The van der Waals surface area contributed by atoms with Crippen LogP contribution in [0.15, 0.2) is 36.5 Å². The minimum absolute atomic E-state index is 0. The Hall–Kier alpha value is 0.108. The van der Waals surface area contributed by atoms with Gasteiger partial charge in [0.2, 0.25) is 0 Å². The SMILES string of the molecule is [C-]1=CC=CC1.[C-]1=CC=CC1.[CH3-].[CH3-].[CH3-].[CH3-].[Si]=[Ti]=[Si]. The van der Waals surface area contributed by atoms with Gasteiger partial charge in [0.1, 0.15) is 0 Å². The first-order valence-electron chi connectivity index (χ1n) is 3.93. The van der Waals surface area contributed by atoms with Crippen molar-refractivity contribution in [2.45, 2.75) is 12.8 Å². The van der Waals surface area contributed by atoms with Crippen molar-refractivity contribution in [1.82, 2.24) is 0 Å². The van der Waals surface area contributed by atoms with E-state index in [4.69, 9.17) is 0 Å². The van der Waals surface area contributed by atoms with Crippen LogP contribution in [0.2, 0.25) is 0 Å². The second kappa shape index (κ2) is 29.8. The molecule has 0 fully saturated rings. The fourth-order valence-electron chi connectivity index (χ4n) is 0.680. The van der Waals surface area contributed by atoms with Crippen molar-refractivity contribution in [3.05, 3.63) is 78.3 Å². The van der Waals surface area contributed by atoms with Crippen LogP contribution in [-0.2, 0) is 16.6 Å². The fourth-order valence-corrected chi connectivity index (χ4v) is 0.680. The molecule has 0 aromatic rings. The van der Waals surface area contributed by atoms with Crippen molar-refractivity contribution < 1.29 is 16.6 Å². The molecule has 0 saturated carbocycles. The Balaban J connectivity index is -0.0000000390. The Morgan fingerprint density at radius 3 is 1.12 bits per heavy atom. The minimum atomic E-state index is 0. The van der Waals surface area contributed by atoms with E-state index in [2.05, 4.69) is 39.6 Å². The summed E-state index contributed by atoms with van der Waals surface area (Å²) < 4.78 is 0. The Morgan fingerprint density at radius 2 is 1.06 bits per heavy atom. The van der Waals surface area contributed by atoms with E-state index in [-0.39, 0.29) is 46.3 Å². The van der Waals surface area contributed by atoms with Crippen LogP contribution in [0, 0.1) is 41.9 Å². The van der Waals surface area contributed by atoms with E-state index in [1.807, 2.05) is 24.3 Å². The monoisotopic (exact) mass is 294 g/mol. The molecular formula is C14H22Si2Ti-6. The molecule has 0 saturated heterocycles. The molecule has 0 aliphatic heterocycles. The number of hydrogen-bond donors (Lipinski definition) is 0. The van der Waals surface area contributed by atoms with Gasteiger partial charge in [0, 0.05) is 0 Å². The molecule has 3 heteroatoms. The fraction of sp³-hybridized carbons (Fsp3) is 0.143. The third kappa shape index (κ3) is 31.4.